The molecule has 0 amide bonds. The predicted octanol–water partition coefficient (Wildman–Crippen LogP) is 1.18. The summed E-state index contributed by atoms with van der Waals surface area (Å²) in [6, 6.07) is 8.73. The predicted molar refractivity (Wildman–Crippen MR) is 103 cm³/mol. The van der Waals surface area contributed by atoms with Gasteiger partial charge in [0, 0.05) is 6.07 Å². The van der Waals surface area contributed by atoms with E-state index in [0.717, 1.165) is 11.6 Å². The number of nitrogens with two attached hydrogens (primary N) is 1. The van der Waals surface area contributed by atoms with Crippen LogP contribution in [0.3, 0.4) is 0 Å². The van der Waals surface area contributed by atoms with E-state index in [4.69, 9.17) is 16.1 Å². The van der Waals surface area contributed by atoms with Crippen LogP contribution in [0.1, 0.15) is 34.5 Å². The van der Waals surface area contributed by atoms with E-state index in [1.54, 1.807) is 17.0 Å². The summed E-state index contributed by atoms with van der Waals surface area (Å²) < 4.78 is 22.2. The minimum absolute atomic E-state index is 0. The quantitative estimate of drug-likeness (QED) is 0.236. The largest absolute Gasteiger partial charge is 0.392 e. The van der Waals surface area contributed by atoms with Crippen molar-refractivity contribution >= 4 is 22.0 Å². The molecule has 0 aliphatic carbocycles. The van der Waals surface area contributed by atoms with Gasteiger partial charge >= 0.3 is 0 Å². The maximum Gasteiger partial charge on any atom is 0.280 e. The van der Waals surface area contributed by atoms with Gasteiger partial charge in [0.25, 0.3) is 15.7 Å². The number of carbonyl (C=O) groups is 1. The maximum atomic E-state index is 11.1. The minimum Gasteiger partial charge on any atom is -0.392 e. The van der Waals surface area contributed by atoms with Gasteiger partial charge in [-0.2, -0.15) is 4.83 Å². The SMILES string of the molecule is C.Cc1ccc(S(=O)(=O)NN)cc1.O=Cc1cc(CO)c(CO)cc1[N+](=O)[O-]. The summed E-state index contributed by atoms with van der Waals surface area (Å²) in [6.07, 6.45) is 0.346. The Hall–Kier alpha value is -2.70. The summed E-state index contributed by atoms with van der Waals surface area (Å²) in [5, 5.41) is 28.4. The van der Waals surface area contributed by atoms with Crippen LogP contribution in [0.5, 0.6) is 0 Å². The molecule has 0 bridgehead atoms. The van der Waals surface area contributed by atoms with Gasteiger partial charge in [-0.1, -0.05) is 25.1 Å². The number of nitrogens with one attached hydrogen (secondary N) is 1. The van der Waals surface area contributed by atoms with Crippen LogP contribution in [0, 0.1) is 17.0 Å². The number of hydrogen-bond acceptors (Lipinski definition) is 8. The van der Waals surface area contributed by atoms with Crippen LogP contribution in [0.4, 0.5) is 5.69 Å². The maximum absolute atomic E-state index is 11.1. The number of aliphatic hydroxyl groups excluding tert-OH is 2. The molecule has 0 aliphatic heterocycles. The van der Waals surface area contributed by atoms with E-state index in [2.05, 4.69) is 0 Å². The van der Waals surface area contributed by atoms with Crippen molar-refractivity contribution in [2.75, 3.05) is 0 Å². The molecule has 0 spiro atoms. The van der Waals surface area contributed by atoms with Crippen LogP contribution < -0.4 is 10.7 Å². The summed E-state index contributed by atoms with van der Waals surface area (Å²) in [7, 11) is -3.49. The lowest BCUT2D eigenvalue weighted by atomic mass is 10.0. The Labute approximate surface area is 162 Å². The Morgan fingerprint density at radius 3 is 2.04 bits per heavy atom. The van der Waals surface area contributed by atoms with Crippen LogP contribution in [0.15, 0.2) is 41.3 Å². The molecule has 2 aromatic carbocycles. The average molecular weight is 413 g/mol. The topological polar surface area (TPSA) is 173 Å². The molecular formula is C17H23N3O7S. The fraction of sp³-hybridized carbons (Fsp3) is 0.235. The monoisotopic (exact) mass is 413 g/mol. The smallest absolute Gasteiger partial charge is 0.280 e. The van der Waals surface area contributed by atoms with Gasteiger partial charge in [-0.3, -0.25) is 20.8 Å². The summed E-state index contributed by atoms with van der Waals surface area (Å²) in [5.74, 6) is 4.84. The second kappa shape index (κ2) is 11.2. The second-order valence-corrected chi connectivity index (χ2v) is 7.02. The molecule has 0 unspecified atom stereocenters. The number of sulfonamides is 1. The highest BCUT2D eigenvalue weighted by Crippen LogP contribution is 2.22. The van der Waals surface area contributed by atoms with Crippen molar-refractivity contribution in [2.24, 2.45) is 5.84 Å². The van der Waals surface area contributed by atoms with E-state index in [9.17, 15) is 23.3 Å². The third kappa shape index (κ3) is 6.48. The molecule has 0 aromatic heterocycles. The van der Waals surface area contributed by atoms with Gasteiger partial charge in [-0.05, 0) is 36.2 Å². The Bertz CT molecular complexity index is 913. The van der Waals surface area contributed by atoms with E-state index >= 15 is 0 Å². The molecule has 5 N–H and O–H groups in total. The molecule has 154 valence electrons. The van der Waals surface area contributed by atoms with Crippen molar-refractivity contribution in [3.63, 3.8) is 0 Å². The van der Waals surface area contributed by atoms with Gasteiger partial charge in [0.15, 0.2) is 6.29 Å². The van der Waals surface area contributed by atoms with E-state index in [0.29, 0.717) is 11.8 Å². The van der Waals surface area contributed by atoms with Gasteiger partial charge in [-0.25, -0.2) is 8.42 Å². The second-order valence-electron chi connectivity index (χ2n) is 5.31. The van der Waals surface area contributed by atoms with Crippen molar-refractivity contribution in [3.05, 3.63) is 68.8 Å². The first-order valence-electron chi connectivity index (χ1n) is 7.46. The molecule has 0 saturated carbocycles. The molecule has 2 aromatic rings. The summed E-state index contributed by atoms with van der Waals surface area (Å²) in [4.78, 5) is 22.3. The van der Waals surface area contributed by atoms with Crippen LogP contribution in [0.25, 0.3) is 0 Å². The lowest BCUT2D eigenvalue weighted by Crippen LogP contribution is -2.30. The van der Waals surface area contributed by atoms with Crippen LogP contribution in [-0.2, 0) is 23.2 Å². The molecule has 2 rings (SSSR count). The van der Waals surface area contributed by atoms with Crippen LogP contribution in [0.2, 0.25) is 0 Å². The third-order valence-corrected chi connectivity index (χ3v) is 4.70. The van der Waals surface area contributed by atoms with Gasteiger partial charge in [-0.15, -0.1) is 0 Å². The zero-order chi connectivity index (χ0) is 20.6. The van der Waals surface area contributed by atoms with Gasteiger partial charge < -0.3 is 10.2 Å². The minimum atomic E-state index is -3.49. The zero-order valence-corrected chi connectivity index (χ0v) is 15.1. The highest BCUT2D eigenvalue weighted by molar-refractivity contribution is 7.89. The van der Waals surface area contributed by atoms with Gasteiger partial charge in [0.2, 0.25) is 0 Å². The molecule has 0 atom stereocenters. The first kappa shape index (κ1) is 25.3. The molecule has 0 heterocycles. The Kier molecular flexibility index (Phi) is 10.1. The highest BCUT2D eigenvalue weighted by Gasteiger charge is 2.16. The molecule has 0 saturated heterocycles. The molecule has 11 heteroatoms. The lowest BCUT2D eigenvalue weighted by Gasteiger charge is -2.05. The normalized spacial score (nSPS) is 10.3. The number of aldehydes is 1. The van der Waals surface area contributed by atoms with Crippen LogP contribution in [-0.4, -0.2) is 29.8 Å². The van der Waals surface area contributed by atoms with Crippen molar-refractivity contribution < 1.29 is 28.3 Å². The standard InChI is InChI=1S/C9H9NO5.C7H10N2O2S.CH4/c11-3-6-1-8(5-13)9(10(14)15)2-7(6)4-12;1-6-2-4-7(5-3-6)12(10,11)9-8;/h1-2,5,11-12H,3-4H2;2-5,9H,8H2,1H3;1H4. The molecule has 0 aliphatic rings. The number of carbonyl (C=O) groups excluding carboxylic acids is 1. The third-order valence-electron chi connectivity index (χ3n) is 3.50. The summed E-state index contributed by atoms with van der Waals surface area (Å²) >= 11 is 0. The molecule has 10 nitrogen and oxygen atoms in total. The van der Waals surface area contributed by atoms with Gasteiger partial charge in [0.05, 0.1) is 28.6 Å². The van der Waals surface area contributed by atoms with E-state index in [1.807, 2.05) is 6.92 Å². The Morgan fingerprint density at radius 1 is 1.14 bits per heavy atom. The van der Waals surface area contributed by atoms with Crippen molar-refractivity contribution in [3.8, 4) is 0 Å². The first-order chi connectivity index (χ1) is 12.7. The number of hydrogen-bond donors (Lipinski definition) is 4. The fourth-order valence-electron chi connectivity index (χ4n) is 2.03. The molecule has 28 heavy (non-hydrogen) atoms. The van der Waals surface area contributed by atoms with E-state index in [-0.39, 0.29) is 35.7 Å². The fourth-order valence-corrected chi connectivity index (χ4v) is 2.66. The number of hydrazine groups is 1. The number of aliphatic hydroxyl groups is 2. The zero-order valence-electron chi connectivity index (χ0n) is 14.3. The first-order valence-corrected chi connectivity index (χ1v) is 8.94. The number of rotatable bonds is 6. The summed E-state index contributed by atoms with van der Waals surface area (Å²) in [5.41, 5.74) is 1.08. The summed E-state index contributed by atoms with van der Waals surface area (Å²) in [6.45, 7) is 1.08. The Balaban J connectivity index is 0.000000514. The highest BCUT2D eigenvalue weighted by atomic mass is 32.2. The molecule has 0 radical (unpaired) electrons. The van der Waals surface area contributed by atoms with Crippen molar-refractivity contribution in [2.45, 2.75) is 32.5 Å². The molecular weight excluding hydrogens is 390 g/mol. The number of nitrogens with zero attached hydrogens (tertiary/aromatic N) is 1. The molecule has 0 fully saturated rings. The van der Waals surface area contributed by atoms with Gasteiger partial charge in [0.1, 0.15) is 0 Å². The van der Waals surface area contributed by atoms with Crippen LogP contribution >= 0.6 is 0 Å². The van der Waals surface area contributed by atoms with E-state index in [1.165, 1.54) is 18.2 Å². The number of aryl methyl sites for hydroxylation is 1. The number of nitro benzene ring substituents is 1. The number of benzene rings is 2. The number of nitro groups is 1. The average Bonchev–Trinajstić information content (AvgIpc) is 2.67. The Morgan fingerprint density at radius 2 is 1.64 bits per heavy atom. The van der Waals surface area contributed by atoms with Crippen molar-refractivity contribution in [1.29, 1.82) is 0 Å². The van der Waals surface area contributed by atoms with E-state index < -0.39 is 21.6 Å². The lowest BCUT2D eigenvalue weighted by molar-refractivity contribution is -0.385. The van der Waals surface area contributed by atoms with Crippen molar-refractivity contribution in [1.82, 2.24) is 4.83 Å².